The fourth-order valence-corrected chi connectivity index (χ4v) is 3.30. The average molecular weight is 536 g/mol. The van der Waals surface area contributed by atoms with Gasteiger partial charge in [-0.25, -0.2) is 4.79 Å². The van der Waals surface area contributed by atoms with Gasteiger partial charge in [0.15, 0.2) is 5.11 Å². The van der Waals surface area contributed by atoms with E-state index in [9.17, 15) is 9.59 Å². The van der Waals surface area contributed by atoms with Crippen LogP contribution in [0.25, 0.3) is 10.9 Å². The second kappa shape index (κ2) is 13.6. The standard InChI is InChI=1S/C22H24ClN5O4S.C2H6.CH4/c1-22(2,3)32-21(30)28-17-9-8-15(18(23)16(17)12-25-28)19(29)26-27-20(33)24-11-13-6-5-7-14(10-13)31-4;1-2;/h5-10,12H,11H2,1-4H3,(H,26,29)(H2,24,27,33);1-2H3;1H4. The molecule has 1 heterocycles. The van der Waals surface area contributed by atoms with Crippen LogP contribution >= 0.6 is 23.8 Å². The first-order valence-electron chi connectivity index (χ1n) is 11.0. The van der Waals surface area contributed by atoms with Crippen molar-refractivity contribution in [1.82, 2.24) is 25.9 Å². The number of hydrogen-bond acceptors (Lipinski definition) is 6. The van der Waals surface area contributed by atoms with Crippen molar-refractivity contribution >= 4 is 51.8 Å². The summed E-state index contributed by atoms with van der Waals surface area (Å²) in [5.41, 5.74) is 6.04. The molecule has 0 spiro atoms. The van der Waals surface area contributed by atoms with E-state index in [0.29, 0.717) is 17.4 Å². The molecule has 3 aromatic rings. The van der Waals surface area contributed by atoms with Crippen LogP contribution in [0.15, 0.2) is 42.6 Å². The molecule has 2 aromatic carbocycles. The molecule has 0 aliphatic heterocycles. The first-order chi connectivity index (χ1) is 16.6. The number of ether oxygens (including phenoxy) is 2. The van der Waals surface area contributed by atoms with E-state index in [1.54, 1.807) is 33.9 Å². The highest BCUT2D eigenvalue weighted by molar-refractivity contribution is 7.80. The van der Waals surface area contributed by atoms with Crippen LogP contribution < -0.4 is 20.9 Å². The lowest BCUT2D eigenvalue weighted by Crippen LogP contribution is -2.46. The fraction of sp³-hybridized carbons (Fsp3) is 0.360. The predicted molar refractivity (Wildman–Crippen MR) is 147 cm³/mol. The van der Waals surface area contributed by atoms with Gasteiger partial charge in [-0.05, 0) is 62.8 Å². The Balaban J connectivity index is 0.00000211. The van der Waals surface area contributed by atoms with Crippen LogP contribution in [0.4, 0.5) is 4.79 Å². The lowest BCUT2D eigenvalue weighted by molar-refractivity contribution is 0.0522. The molecule has 0 bridgehead atoms. The molecule has 3 rings (SSSR count). The van der Waals surface area contributed by atoms with Crippen molar-refractivity contribution < 1.29 is 19.1 Å². The van der Waals surface area contributed by atoms with Gasteiger partial charge in [0.05, 0.1) is 29.4 Å². The highest BCUT2D eigenvalue weighted by atomic mass is 35.5. The summed E-state index contributed by atoms with van der Waals surface area (Å²) in [4.78, 5) is 25.0. The lowest BCUT2D eigenvalue weighted by atomic mass is 10.1. The molecule has 1 aromatic heterocycles. The molecule has 36 heavy (non-hydrogen) atoms. The van der Waals surface area contributed by atoms with Crippen molar-refractivity contribution in [2.24, 2.45) is 0 Å². The van der Waals surface area contributed by atoms with Crippen LogP contribution in [-0.2, 0) is 11.3 Å². The van der Waals surface area contributed by atoms with Gasteiger partial charge in [0.2, 0.25) is 0 Å². The van der Waals surface area contributed by atoms with Gasteiger partial charge in [-0.3, -0.25) is 15.6 Å². The van der Waals surface area contributed by atoms with E-state index in [-0.39, 0.29) is 23.1 Å². The van der Waals surface area contributed by atoms with Crippen LogP contribution in [0.2, 0.25) is 5.02 Å². The zero-order valence-corrected chi connectivity index (χ0v) is 22.1. The largest absolute Gasteiger partial charge is 0.497 e. The SMILES string of the molecule is C.CC.COc1cccc(CNC(=S)NNC(=O)c2ccc3c(cnn3C(=O)OC(C)(C)C)c2Cl)c1. The molecular weight excluding hydrogens is 502 g/mol. The zero-order valence-electron chi connectivity index (χ0n) is 20.6. The van der Waals surface area contributed by atoms with Crippen molar-refractivity contribution in [3.8, 4) is 5.75 Å². The Bertz CT molecular complexity index is 1210. The van der Waals surface area contributed by atoms with Crippen LogP contribution in [-0.4, -0.2) is 39.6 Å². The van der Waals surface area contributed by atoms with Gasteiger partial charge in [0, 0.05) is 11.9 Å². The van der Waals surface area contributed by atoms with Crippen LogP contribution in [0, 0.1) is 0 Å². The highest BCUT2D eigenvalue weighted by Gasteiger charge is 2.22. The van der Waals surface area contributed by atoms with Gasteiger partial charge in [-0.2, -0.15) is 9.78 Å². The van der Waals surface area contributed by atoms with Crippen LogP contribution in [0.1, 0.15) is 58.0 Å². The van der Waals surface area contributed by atoms with E-state index >= 15 is 0 Å². The van der Waals surface area contributed by atoms with Crippen molar-refractivity contribution in [2.45, 2.75) is 54.2 Å². The number of hydrazine groups is 1. The maximum absolute atomic E-state index is 12.6. The number of methoxy groups -OCH3 is 1. The molecule has 1 amide bonds. The van der Waals surface area contributed by atoms with Crippen LogP contribution in [0.5, 0.6) is 5.75 Å². The van der Waals surface area contributed by atoms with Gasteiger partial charge in [-0.15, -0.1) is 0 Å². The summed E-state index contributed by atoms with van der Waals surface area (Å²) in [5, 5.41) is 7.85. The van der Waals surface area contributed by atoms with Gasteiger partial charge >= 0.3 is 6.09 Å². The summed E-state index contributed by atoms with van der Waals surface area (Å²) in [7, 11) is 1.60. The van der Waals surface area contributed by atoms with E-state index in [4.69, 9.17) is 33.3 Å². The first-order valence-corrected chi connectivity index (χ1v) is 11.7. The number of hydrogen-bond donors (Lipinski definition) is 3. The summed E-state index contributed by atoms with van der Waals surface area (Å²) >= 11 is 11.6. The molecule has 0 aliphatic carbocycles. The van der Waals surface area contributed by atoms with Crippen molar-refractivity contribution in [1.29, 1.82) is 0 Å². The Morgan fingerprint density at radius 2 is 1.83 bits per heavy atom. The number of aromatic nitrogens is 2. The third-order valence-corrected chi connectivity index (χ3v) is 5.03. The topological polar surface area (TPSA) is 107 Å². The fourth-order valence-electron chi connectivity index (χ4n) is 2.88. The Kier molecular flexibility index (Phi) is 11.6. The molecule has 0 unspecified atom stereocenters. The van der Waals surface area contributed by atoms with Crippen LogP contribution in [0.3, 0.4) is 0 Å². The second-order valence-electron chi connectivity index (χ2n) is 8.01. The molecule has 3 N–H and O–H groups in total. The smallest absolute Gasteiger partial charge is 0.435 e. The number of thiocarbonyl (C=S) groups is 1. The van der Waals surface area contributed by atoms with Gasteiger partial charge in [-0.1, -0.05) is 45.0 Å². The highest BCUT2D eigenvalue weighted by Crippen LogP contribution is 2.27. The molecule has 9 nitrogen and oxygen atoms in total. The van der Waals surface area contributed by atoms with E-state index in [0.717, 1.165) is 16.0 Å². The lowest BCUT2D eigenvalue weighted by Gasteiger charge is -2.19. The quantitative estimate of drug-likeness (QED) is 0.299. The monoisotopic (exact) mass is 535 g/mol. The summed E-state index contributed by atoms with van der Waals surface area (Å²) < 4.78 is 11.6. The Labute approximate surface area is 222 Å². The first kappa shape index (κ1) is 30.7. The van der Waals surface area contributed by atoms with Gasteiger partial charge in [0.25, 0.3) is 5.91 Å². The van der Waals surface area contributed by atoms with Gasteiger partial charge in [0.1, 0.15) is 11.4 Å². The molecule has 0 atom stereocenters. The Morgan fingerprint density at radius 3 is 2.47 bits per heavy atom. The van der Waals surface area contributed by atoms with Gasteiger partial charge < -0.3 is 14.8 Å². The third kappa shape index (κ3) is 8.10. The number of nitrogens with one attached hydrogen (secondary N) is 3. The second-order valence-corrected chi connectivity index (χ2v) is 8.80. The minimum absolute atomic E-state index is 0. The average Bonchev–Trinajstić information content (AvgIpc) is 3.27. The van der Waals surface area contributed by atoms with E-state index in [2.05, 4.69) is 21.3 Å². The number of nitrogens with zero attached hydrogens (tertiary/aromatic N) is 2. The van der Waals surface area contributed by atoms with Crippen molar-refractivity contribution in [3.63, 3.8) is 0 Å². The number of amides is 1. The number of carbonyl (C=O) groups is 2. The number of benzene rings is 2. The number of halogens is 1. The minimum atomic E-state index is -0.677. The van der Waals surface area contributed by atoms with E-state index < -0.39 is 17.6 Å². The summed E-state index contributed by atoms with van der Waals surface area (Å²) in [6.45, 7) is 9.72. The van der Waals surface area contributed by atoms with Crippen molar-refractivity contribution in [3.05, 3.63) is 58.7 Å². The molecular formula is C25H34ClN5O4S. The molecule has 196 valence electrons. The molecule has 0 aliphatic rings. The maximum atomic E-state index is 12.6. The summed E-state index contributed by atoms with van der Waals surface area (Å²) in [6, 6.07) is 10.6. The molecule has 0 fully saturated rings. The minimum Gasteiger partial charge on any atom is -0.497 e. The predicted octanol–water partition coefficient (Wildman–Crippen LogP) is 5.45. The molecule has 0 radical (unpaired) electrons. The molecule has 0 saturated heterocycles. The molecule has 11 heteroatoms. The molecule has 0 saturated carbocycles. The Morgan fingerprint density at radius 1 is 1.14 bits per heavy atom. The maximum Gasteiger partial charge on any atom is 0.435 e. The normalized spacial score (nSPS) is 10.3. The zero-order chi connectivity index (χ0) is 26.2. The number of fused-ring (bicyclic) bond motifs is 1. The number of rotatable bonds is 4. The Hall–Kier alpha value is -3.37. The third-order valence-electron chi connectivity index (χ3n) is 4.38. The summed E-state index contributed by atoms with van der Waals surface area (Å²) in [5.74, 6) is 0.235. The van der Waals surface area contributed by atoms with E-state index in [1.807, 2.05) is 38.1 Å². The van der Waals surface area contributed by atoms with E-state index in [1.165, 1.54) is 12.3 Å². The van der Waals surface area contributed by atoms with Crippen molar-refractivity contribution in [2.75, 3.05) is 7.11 Å². The summed E-state index contributed by atoms with van der Waals surface area (Å²) in [6.07, 6.45) is 0.770. The number of carbonyl (C=O) groups excluding carboxylic acids is 2.